The van der Waals surface area contributed by atoms with E-state index in [0.717, 1.165) is 43.5 Å². The van der Waals surface area contributed by atoms with Crippen LogP contribution in [0.4, 0.5) is 5.69 Å². The Kier molecular flexibility index (Phi) is 5.05. The summed E-state index contributed by atoms with van der Waals surface area (Å²) in [5.74, 6) is 0.626. The van der Waals surface area contributed by atoms with Crippen LogP contribution in [0.2, 0.25) is 0 Å². The predicted molar refractivity (Wildman–Crippen MR) is 84.3 cm³/mol. The highest BCUT2D eigenvalue weighted by molar-refractivity contribution is 5.97. The molecule has 110 valence electrons. The van der Waals surface area contributed by atoms with E-state index in [2.05, 4.69) is 37.5 Å². The van der Waals surface area contributed by atoms with Crippen LogP contribution in [0.3, 0.4) is 0 Å². The van der Waals surface area contributed by atoms with Crippen molar-refractivity contribution in [1.29, 1.82) is 0 Å². The van der Waals surface area contributed by atoms with E-state index in [1.54, 1.807) is 0 Å². The molecule has 0 saturated carbocycles. The summed E-state index contributed by atoms with van der Waals surface area (Å²) in [7, 11) is 0. The molecule has 1 atom stereocenters. The third-order valence-corrected chi connectivity index (χ3v) is 4.45. The summed E-state index contributed by atoms with van der Waals surface area (Å²) >= 11 is 0. The van der Waals surface area contributed by atoms with Gasteiger partial charge in [-0.05, 0) is 43.4 Å². The van der Waals surface area contributed by atoms with Crippen molar-refractivity contribution in [2.75, 3.05) is 11.9 Å². The normalized spacial score (nSPS) is 15.4. The number of rotatable bonds is 5. The fourth-order valence-corrected chi connectivity index (χ4v) is 3.12. The molecule has 2 N–H and O–H groups in total. The van der Waals surface area contributed by atoms with E-state index in [4.69, 9.17) is 0 Å². The molecule has 1 aromatic rings. The summed E-state index contributed by atoms with van der Waals surface area (Å²) < 4.78 is 0. The lowest BCUT2D eigenvalue weighted by Gasteiger charge is -2.25. The Bertz CT molecular complexity index is 466. The number of hydrogen-bond acceptors (Lipinski definition) is 2. The minimum absolute atomic E-state index is 0.0740. The quantitative estimate of drug-likeness (QED) is 0.861. The van der Waals surface area contributed by atoms with Crippen LogP contribution in [0.1, 0.15) is 56.0 Å². The summed E-state index contributed by atoms with van der Waals surface area (Å²) in [6.45, 7) is 7.49. The zero-order valence-corrected chi connectivity index (χ0v) is 12.8. The summed E-state index contributed by atoms with van der Waals surface area (Å²) in [5.41, 5.74) is 3.14. The Morgan fingerprint density at radius 3 is 2.80 bits per heavy atom. The van der Waals surface area contributed by atoms with Gasteiger partial charge in [0.1, 0.15) is 0 Å². The standard InChI is InChI=1S/C17H26N2O/c1-4-13(5-2)12(3)19-17(20)15-8-6-10-16-14(15)9-7-11-18-16/h6,8,10,12-13,18H,4-5,7,9,11H2,1-3H3,(H,19,20). The molecule has 1 unspecified atom stereocenters. The van der Waals surface area contributed by atoms with Gasteiger partial charge in [0, 0.05) is 23.8 Å². The highest BCUT2D eigenvalue weighted by Crippen LogP contribution is 2.25. The lowest BCUT2D eigenvalue weighted by atomic mass is 9.94. The monoisotopic (exact) mass is 274 g/mol. The third-order valence-electron chi connectivity index (χ3n) is 4.45. The lowest BCUT2D eigenvalue weighted by molar-refractivity contribution is 0.0924. The molecule has 0 aliphatic carbocycles. The lowest BCUT2D eigenvalue weighted by Crippen LogP contribution is -2.38. The summed E-state index contributed by atoms with van der Waals surface area (Å²) in [6.07, 6.45) is 4.30. The molecule has 1 aliphatic rings. The van der Waals surface area contributed by atoms with Crippen molar-refractivity contribution in [1.82, 2.24) is 5.32 Å². The highest BCUT2D eigenvalue weighted by Gasteiger charge is 2.20. The van der Waals surface area contributed by atoms with Crippen molar-refractivity contribution < 1.29 is 4.79 Å². The summed E-state index contributed by atoms with van der Waals surface area (Å²) in [6, 6.07) is 6.20. The van der Waals surface area contributed by atoms with Gasteiger partial charge in [-0.3, -0.25) is 4.79 Å². The van der Waals surface area contributed by atoms with Gasteiger partial charge in [-0.25, -0.2) is 0 Å². The second-order valence-electron chi connectivity index (χ2n) is 5.70. The van der Waals surface area contributed by atoms with Crippen molar-refractivity contribution in [2.24, 2.45) is 5.92 Å². The Morgan fingerprint density at radius 2 is 2.10 bits per heavy atom. The molecule has 0 aromatic heterocycles. The molecule has 3 nitrogen and oxygen atoms in total. The first-order valence-electron chi connectivity index (χ1n) is 7.84. The molecular formula is C17H26N2O. The molecule has 1 aromatic carbocycles. The highest BCUT2D eigenvalue weighted by atomic mass is 16.1. The van der Waals surface area contributed by atoms with Crippen molar-refractivity contribution in [3.05, 3.63) is 29.3 Å². The van der Waals surface area contributed by atoms with Crippen LogP contribution >= 0.6 is 0 Å². The van der Waals surface area contributed by atoms with Crippen LogP contribution in [-0.2, 0) is 6.42 Å². The molecule has 1 heterocycles. The maximum atomic E-state index is 12.5. The predicted octanol–water partition coefficient (Wildman–Crippen LogP) is 3.60. The van der Waals surface area contributed by atoms with Gasteiger partial charge in [0.15, 0.2) is 0 Å². The van der Waals surface area contributed by atoms with E-state index in [0.29, 0.717) is 5.92 Å². The Morgan fingerprint density at radius 1 is 1.35 bits per heavy atom. The first kappa shape index (κ1) is 14.9. The average molecular weight is 274 g/mol. The average Bonchev–Trinajstić information content (AvgIpc) is 2.47. The maximum absolute atomic E-state index is 12.5. The summed E-state index contributed by atoms with van der Waals surface area (Å²) in [4.78, 5) is 12.5. The van der Waals surface area contributed by atoms with Crippen molar-refractivity contribution in [3.8, 4) is 0 Å². The molecule has 1 amide bonds. The van der Waals surface area contributed by atoms with Gasteiger partial charge in [0.05, 0.1) is 0 Å². The molecule has 0 spiro atoms. The van der Waals surface area contributed by atoms with Crippen molar-refractivity contribution in [2.45, 2.75) is 52.5 Å². The van der Waals surface area contributed by atoms with Crippen LogP contribution in [0.15, 0.2) is 18.2 Å². The van der Waals surface area contributed by atoms with Crippen LogP contribution < -0.4 is 10.6 Å². The first-order chi connectivity index (χ1) is 9.67. The fraction of sp³-hybridized carbons (Fsp3) is 0.588. The van der Waals surface area contributed by atoms with Crippen LogP contribution in [0, 0.1) is 5.92 Å². The Labute approximate surface area is 122 Å². The van der Waals surface area contributed by atoms with E-state index in [1.807, 2.05) is 12.1 Å². The maximum Gasteiger partial charge on any atom is 0.251 e. The van der Waals surface area contributed by atoms with Crippen LogP contribution in [0.5, 0.6) is 0 Å². The van der Waals surface area contributed by atoms with Gasteiger partial charge in [-0.1, -0.05) is 32.8 Å². The Hall–Kier alpha value is -1.51. The SMILES string of the molecule is CCC(CC)C(C)NC(=O)c1cccc2c1CCCN2. The molecule has 1 aliphatic heterocycles. The van der Waals surface area contributed by atoms with Gasteiger partial charge in [-0.15, -0.1) is 0 Å². The smallest absolute Gasteiger partial charge is 0.251 e. The summed E-state index contributed by atoms with van der Waals surface area (Å²) in [5, 5.41) is 6.56. The molecule has 0 saturated heterocycles. The zero-order valence-electron chi connectivity index (χ0n) is 12.8. The molecule has 20 heavy (non-hydrogen) atoms. The molecular weight excluding hydrogens is 248 g/mol. The van der Waals surface area contributed by atoms with Gasteiger partial charge in [0.2, 0.25) is 0 Å². The molecule has 2 rings (SSSR count). The van der Waals surface area contributed by atoms with Gasteiger partial charge in [-0.2, -0.15) is 0 Å². The zero-order chi connectivity index (χ0) is 14.5. The molecule has 0 bridgehead atoms. The van der Waals surface area contributed by atoms with Crippen LogP contribution in [-0.4, -0.2) is 18.5 Å². The topological polar surface area (TPSA) is 41.1 Å². The molecule has 0 fully saturated rings. The second-order valence-corrected chi connectivity index (χ2v) is 5.70. The number of amides is 1. The second kappa shape index (κ2) is 6.78. The van der Waals surface area contributed by atoms with E-state index >= 15 is 0 Å². The van der Waals surface area contributed by atoms with Crippen molar-refractivity contribution in [3.63, 3.8) is 0 Å². The van der Waals surface area contributed by atoms with Crippen LogP contribution in [0.25, 0.3) is 0 Å². The van der Waals surface area contributed by atoms with E-state index in [-0.39, 0.29) is 11.9 Å². The molecule has 0 radical (unpaired) electrons. The van der Waals surface area contributed by atoms with Crippen molar-refractivity contribution >= 4 is 11.6 Å². The molecule has 3 heteroatoms. The third kappa shape index (κ3) is 3.14. The number of benzene rings is 1. The fourth-order valence-electron chi connectivity index (χ4n) is 3.12. The largest absolute Gasteiger partial charge is 0.385 e. The number of carbonyl (C=O) groups is 1. The van der Waals surface area contributed by atoms with Gasteiger partial charge in [0.25, 0.3) is 5.91 Å². The minimum Gasteiger partial charge on any atom is -0.385 e. The number of hydrogen-bond donors (Lipinski definition) is 2. The van der Waals surface area contributed by atoms with E-state index < -0.39 is 0 Å². The number of anilines is 1. The Balaban J connectivity index is 2.13. The van der Waals surface area contributed by atoms with E-state index in [9.17, 15) is 4.79 Å². The first-order valence-corrected chi connectivity index (χ1v) is 7.84. The van der Waals surface area contributed by atoms with Gasteiger partial charge >= 0.3 is 0 Å². The number of fused-ring (bicyclic) bond motifs is 1. The van der Waals surface area contributed by atoms with E-state index in [1.165, 1.54) is 5.56 Å². The van der Waals surface area contributed by atoms with Gasteiger partial charge < -0.3 is 10.6 Å². The number of carbonyl (C=O) groups excluding carboxylic acids is 1. The number of nitrogens with one attached hydrogen (secondary N) is 2. The minimum atomic E-state index is 0.0740.